The van der Waals surface area contributed by atoms with Crippen molar-refractivity contribution in [1.82, 2.24) is 0 Å². The van der Waals surface area contributed by atoms with Gasteiger partial charge in [-0.05, 0) is 80.8 Å². The van der Waals surface area contributed by atoms with Crippen molar-refractivity contribution in [2.45, 2.75) is 40.7 Å². The second-order valence-corrected chi connectivity index (χ2v) is 9.21. The minimum atomic E-state index is -0.997. The highest BCUT2D eigenvalue weighted by molar-refractivity contribution is 6.51. The number of benzene rings is 3. The highest BCUT2D eigenvalue weighted by Crippen LogP contribution is 2.44. The minimum absolute atomic E-state index is 0.107. The van der Waals surface area contributed by atoms with E-state index in [-0.39, 0.29) is 22.6 Å². The number of carbonyl (C=O) groups is 3. The number of aliphatic hydroxyl groups is 1. The van der Waals surface area contributed by atoms with E-state index in [1.54, 1.807) is 49.4 Å². The third-order valence-electron chi connectivity index (χ3n) is 6.18. The molecule has 0 aromatic heterocycles. The Morgan fingerprint density at radius 3 is 2.23 bits per heavy atom. The maximum Gasteiger partial charge on any atom is 0.308 e. The Morgan fingerprint density at radius 1 is 0.897 bits per heavy atom. The standard InChI is InChI=1S/C31H31NO7/c1-6-37-23-11-12-25(26(17-23)38-7-2)29(34)27-28(21-9-8-10-24(16-21)39-20(5)33)32(31(36)30(27)35)22-14-18(3)13-19(4)15-22/h8-17,28,34H,6-7H2,1-5H3/b29-27+. The first-order valence-corrected chi connectivity index (χ1v) is 12.7. The number of anilines is 1. The Balaban J connectivity index is 1.97. The van der Waals surface area contributed by atoms with Crippen LogP contribution in [0.1, 0.15) is 49.1 Å². The van der Waals surface area contributed by atoms with Gasteiger partial charge in [-0.1, -0.05) is 18.2 Å². The van der Waals surface area contributed by atoms with E-state index in [1.165, 1.54) is 11.8 Å². The summed E-state index contributed by atoms with van der Waals surface area (Å²) in [6, 6.07) is 16.1. The number of amides is 1. The molecule has 0 aliphatic carbocycles. The van der Waals surface area contributed by atoms with E-state index in [0.717, 1.165) is 11.1 Å². The lowest BCUT2D eigenvalue weighted by atomic mass is 9.94. The number of aliphatic hydroxyl groups excluding tert-OH is 1. The Kier molecular flexibility index (Phi) is 8.04. The molecule has 1 aliphatic heterocycles. The summed E-state index contributed by atoms with van der Waals surface area (Å²) in [5, 5.41) is 11.6. The van der Waals surface area contributed by atoms with E-state index in [2.05, 4.69) is 0 Å². The Hall–Kier alpha value is -4.59. The normalized spacial score (nSPS) is 16.3. The van der Waals surface area contributed by atoms with Gasteiger partial charge in [0.25, 0.3) is 11.7 Å². The van der Waals surface area contributed by atoms with Crippen molar-refractivity contribution in [3.05, 3.63) is 88.5 Å². The molecule has 202 valence electrons. The predicted octanol–water partition coefficient (Wildman–Crippen LogP) is 5.65. The van der Waals surface area contributed by atoms with Gasteiger partial charge in [-0.3, -0.25) is 19.3 Å². The molecule has 0 saturated carbocycles. The second kappa shape index (κ2) is 11.4. The fourth-order valence-corrected chi connectivity index (χ4v) is 4.79. The molecule has 1 fully saturated rings. The lowest BCUT2D eigenvalue weighted by Gasteiger charge is -2.26. The Labute approximate surface area is 227 Å². The summed E-state index contributed by atoms with van der Waals surface area (Å²) >= 11 is 0. The zero-order valence-corrected chi connectivity index (χ0v) is 22.6. The van der Waals surface area contributed by atoms with Crippen LogP contribution in [0.2, 0.25) is 0 Å². The van der Waals surface area contributed by atoms with Crippen molar-refractivity contribution >= 4 is 29.1 Å². The van der Waals surface area contributed by atoms with Gasteiger partial charge in [-0.25, -0.2) is 0 Å². The molecular weight excluding hydrogens is 498 g/mol. The van der Waals surface area contributed by atoms with Crippen LogP contribution in [0.15, 0.2) is 66.2 Å². The van der Waals surface area contributed by atoms with E-state index < -0.39 is 23.7 Å². The molecule has 8 heteroatoms. The SMILES string of the molecule is CCOc1ccc(/C(O)=C2\C(=O)C(=O)N(c3cc(C)cc(C)c3)C2c2cccc(OC(C)=O)c2)c(OCC)c1. The third kappa shape index (κ3) is 5.65. The van der Waals surface area contributed by atoms with Crippen LogP contribution in [0, 0.1) is 13.8 Å². The number of hydrogen-bond donors (Lipinski definition) is 1. The molecule has 1 aliphatic rings. The molecule has 39 heavy (non-hydrogen) atoms. The first-order valence-electron chi connectivity index (χ1n) is 12.7. The highest BCUT2D eigenvalue weighted by Gasteiger charge is 2.47. The number of nitrogens with zero attached hydrogens (tertiary/aromatic N) is 1. The number of aryl methyl sites for hydroxylation is 2. The van der Waals surface area contributed by atoms with Crippen LogP contribution in [0.5, 0.6) is 17.2 Å². The molecule has 1 heterocycles. The molecule has 0 spiro atoms. The van der Waals surface area contributed by atoms with Crippen molar-refractivity contribution in [3.63, 3.8) is 0 Å². The number of Topliss-reactive ketones (excluding diaryl/α,β-unsaturated/α-hetero) is 1. The van der Waals surface area contributed by atoms with Crippen LogP contribution in [-0.2, 0) is 14.4 Å². The molecule has 4 rings (SSSR count). The van der Waals surface area contributed by atoms with Gasteiger partial charge in [-0.15, -0.1) is 0 Å². The smallest absolute Gasteiger partial charge is 0.308 e. The predicted molar refractivity (Wildman–Crippen MR) is 147 cm³/mol. The van der Waals surface area contributed by atoms with Gasteiger partial charge in [0.2, 0.25) is 0 Å². The number of rotatable bonds is 8. The van der Waals surface area contributed by atoms with Crippen molar-refractivity contribution < 1.29 is 33.7 Å². The largest absolute Gasteiger partial charge is 0.507 e. The van der Waals surface area contributed by atoms with E-state index in [4.69, 9.17) is 14.2 Å². The Bertz CT molecular complexity index is 1450. The first kappa shape index (κ1) is 27.4. The topological polar surface area (TPSA) is 102 Å². The van der Waals surface area contributed by atoms with Gasteiger partial charge in [0.05, 0.1) is 30.4 Å². The fourth-order valence-electron chi connectivity index (χ4n) is 4.79. The summed E-state index contributed by atoms with van der Waals surface area (Å²) in [4.78, 5) is 40.2. The number of ether oxygens (including phenoxy) is 3. The fraction of sp³-hybridized carbons (Fsp3) is 0.258. The number of carbonyl (C=O) groups excluding carboxylic acids is 3. The van der Waals surface area contributed by atoms with Crippen LogP contribution in [0.3, 0.4) is 0 Å². The van der Waals surface area contributed by atoms with E-state index >= 15 is 0 Å². The zero-order valence-electron chi connectivity index (χ0n) is 22.6. The van der Waals surface area contributed by atoms with Crippen LogP contribution < -0.4 is 19.1 Å². The Morgan fingerprint density at radius 2 is 1.59 bits per heavy atom. The second-order valence-electron chi connectivity index (χ2n) is 9.21. The first-order chi connectivity index (χ1) is 18.6. The van der Waals surface area contributed by atoms with Gasteiger partial charge >= 0.3 is 5.97 Å². The highest BCUT2D eigenvalue weighted by atomic mass is 16.5. The molecule has 1 saturated heterocycles. The van der Waals surface area contributed by atoms with E-state index in [1.807, 2.05) is 39.0 Å². The molecular formula is C31H31NO7. The van der Waals surface area contributed by atoms with Crippen LogP contribution in [0.4, 0.5) is 5.69 Å². The molecule has 0 radical (unpaired) electrons. The molecule has 3 aromatic carbocycles. The van der Waals surface area contributed by atoms with Crippen LogP contribution >= 0.6 is 0 Å². The molecule has 1 amide bonds. The molecule has 1 unspecified atom stereocenters. The van der Waals surface area contributed by atoms with Crippen molar-refractivity contribution in [1.29, 1.82) is 0 Å². The van der Waals surface area contributed by atoms with Crippen molar-refractivity contribution in [2.75, 3.05) is 18.1 Å². The summed E-state index contributed by atoms with van der Waals surface area (Å²) in [7, 11) is 0. The molecule has 8 nitrogen and oxygen atoms in total. The van der Waals surface area contributed by atoms with Gasteiger partial charge in [0.15, 0.2) is 0 Å². The lowest BCUT2D eigenvalue weighted by Crippen LogP contribution is -2.29. The zero-order chi connectivity index (χ0) is 28.3. The molecule has 1 atom stereocenters. The average Bonchev–Trinajstić information content (AvgIpc) is 3.14. The summed E-state index contributed by atoms with van der Waals surface area (Å²) < 4.78 is 16.6. The van der Waals surface area contributed by atoms with Gasteiger partial charge < -0.3 is 19.3 Å². The third-order valence-corrected chi connectivity index (χ3v) is 6.18. The quantitative estimate of drug-likeness (QED) is 0.132. The van der Waals surface area contributed by atoms with Gasteiger partial charge in [0.1, 0.15) is 23.0 Å². The summed E-state index contributed by atoms with van der Waals surface area (Å²) in [6.45, 7) is 9.49. The van der Waals surface area contributed by atoms with Crippen molar-refractivity contribution in [3.8, 4) is 17.2 Å². The van der Waals surface area contributed by atoms with E-state index in [0.29, 0.717) is 36.0 Å². The monoisotopic (exact) mass is 529 g/mol. The van der Waals surface area contributed by atoms with Crippen molar-refractivity contribution in [2.24, 2.45) is 0 Å². The minimum Gasteiger partial charge on any atom is -0.507 e. The number of esters is 1. The summed E-state index contributed by atoms with van der Waals surface area (Å²) in [5.41, 5.74) is 2.95. The summed E-state index contributed by atoms with van der Waals surface area (Å²) in [5.74, 6) is -1.41. The average molecular weight is 530 g/mol. The number of hydrogen-bond acceptors (Lipinski definition) is 7. The van der Waals surface area contributed by atoms with Gasteiger partial charge in [-0.2, -0.15) is 0 Å². The maximum absolute atomic E-state index is 13.6. The van der Waals surface area contributed by atoms with Crippen LogP contribution in [-0.4, -0.2) is 36.0 Å². The van der Waals surface area contributed by atoms with Crippen LogP contribution in [0.25, 0.3) is 5.76 Å². The number of ketones is 1. The summed E-state index contributed by atoms with van der Waals surface area (Å²) in [6.07, 6.45) is 0. The van der Waals surface area contributed by atoms with E-state index in [9.17, 15) is 19.5 Å². The molecule has 3 aromatic rings. The maximum atomic E-state index is 13.6. The lowest BCUT2D eigenvalue weighted by molar-refractivity contribution is -0.132. The van der Waals surface area contributed by atoms with Gasteiger partial charge in [0, 0.05) is 18.7 Å². The molecule has 0 bridgehead atoms. The molecule has 1 N–H and O–H groups in total.